The summed E-state index contributed by atoms with van der Waals surface area (Å²) in [5.41, 5.74) is 0.788. The zero-order chi connectivity index (χ0) is 11.7. The Balaban J connectivity index is 1.86. The van der Waals surface area contributed by atoms with Crippen LogP contribution >= 0.6 is 11.6 Å². The van der Waals surface area contributed by atoms with E-state index in [1.54, 1.807) is 18.7 Å². The van der Waals surface area contributed by atoms with Crippen molar-refractivity contribution in [3.63, 3.8) is 0 Å². The minimum absolute atomic E-state index is 0.380. The Hall–Kier alpha value is -1.69. The van der Waals surface area contributed by atoms with E-state index in [0.717, 1.165) is 30.4 Å². The molecule has 2 aromatic rings. The van der Waals surface area contributed by atoms with Crippen LogP contribution in [0.15, 0.2) is 18.7 Å². The fourth-order valence-corrected chi connectivity index (χ4v) is 2.00. The van der Waals surface area contributed by atoms with Gasteiger partial charge in [0.05, 0.1) is 24.3 Å². The summed E-state index contributed by atoms with van der Waals surface area (Å²) in [5.74, 6) is 2.18. The van der Waals surface area contributed by atoms with E-state index in [-0.39, 0.29) is 0 Å². The molecule has 2 aromatic heterocycles. The first-order chi connectivity index (χ1) is 8.36. The van der Waals surface area contributed by atoms with Crippen molar-refractivity contribution >= 4 is 17.4 Å². The van der Waals surface area contributed by atoms with E-state index in [2.05, 4.69) is 29.6 Å². The van der Waals surface area contributed by atoms with E-state index in [9.17, 15) is 0 Å². The second kappa shape index (κ2) is 4.29. The Kier molecular flexibility index (Phi) is 2.64. The highest BCUT2D eigenvalue weighted by molar-refractivity contribution is 6.16. The number of anilines is 1. The lowest BCUT2D eigenvalue weighted by atomic mass is 10.3. The van der Waals surface area contributed by atoms with Gasteiger partial charge in [-0.25, -0.2) is 4.98 Å². The molecule has 0 saturated heterocycles. The SMILES string of the molecule is ClCc1cncc(N2CCn3cnnc3C2)n1. The van der Waals surface area contributed by atoms with Crippen molar-refractivity contribution < 1.29 is 0 Å². The van der Waals surface area contributed by atoms with Gasteiger partial charge in [0.1, 0.15) is 12.1 Å². The number of rotatable bonds is 2. The van der Waals surface area contributed by atoms with E-state index < -0.39 is 0 Å². The fraction of sp³-hybridized carbons (Fsp3) is 0.400. The van der Waals surface area contributed by atoms with E-state index in [1.165, 1.54) is 0 Å². The zero-order valence-electron chi connectivity index (χ0n) is 9.12. The first-order valence-electron chi connectivity index (χ1n) is 5.35. The molecule has 1 aliphatic heterocycles. The monoisotopic (exact) mass is 250 g/mol. The van der Waals surface area contributed by atoms with Crippen molar-refractivity contribution in [3.8, 4) is 0 Å². The van der Waals surface area contributed by atoms with Crippen LogP contribution in [-0.4, -0.2) is 31.3 Å². The maximum absolute atomic E-state index is 5.75. The number of nitrogens with zero attached hydrogens (tertiary/aromatic N) is 6. The van der Waals surface area contributed by atoms with Gasteiger partial charge in [-0.05, 0) is 0 Å². The number of aromatic nitrogens is 5. The van der Waals surface area contributed by atoms with Crippen LogP contribution in [0.4, 0.5) is 5.82 Å². The maximum Gasteiger partial charge on any atom is 0.152 e. The molecule has 0 fully saturated rings. The molecule has 3 rings (SSSR count). The molecule has 0 atom stereocenters. The van der Waals surface area contributed by atoms with Crippen LogP contribution in [0.2, 0.25) is 0 Å². The van der Waals surface area contributed by atoms with Crippen molar-refractivity contribution in [2.75, 3.05) is 11.4 Å². The van der Waals surface area contributed by atoms with Gasteiger partial charge in [0.2, 0.25) is 0 Å². The first-order valence-corrected chi connectivity index (χ1v) is 5.89. The van der Waals surface area contributed by atoms with Gasteiger partial charge in [-0.3, -0.25) is 4.98 Å². The molecule has 6 nitrogen and oxygen atoms in total. The van der Waals surface area contributed by atoms with Gasteiger partial charge < -0.3 is 9.47 Å². The third-order valence-corrected chi connectivity index (χ3v) is 3.05. The third-order valence-electron chi connectivity index (χ3n) is 2.77. The lowest BCUT2D eigenvalue weighted by Gasteiger charge is -2.27. The van der Waals surface area contributed by atoms with Crippen molar-refractivity contribution in [1.82, 2.24) is 24.7 Å². The Morgan fingerprint density at radius 2 is 2.24 bits per heavy atom. The van der Waals surface area contributed by atoms with Gasteiger partial charge in [0.25, 0.3) is 0 Å². The van der Waals surface area contributed by atoms with E-state index in [4.69, 9.17) is 11.6 Å². The summed E-state index contributed by atoms with van der Waals surface area (Å²) in [7, 11) is 0. The topological polar surface area (TPSA) is 59.7 Å². The van der Waals surface area contributed by atoms with Crippen LogP contribution in [0.3, 0.4) is 0 Å². The molecular weight excluding hydrogens is 240 g/mol. The molecule has 0 N–H and O–H groups in total. The van der Waals surface area contributed by atoms with Gasteiger partial charge in [0, 0.05) is 19.3 Å². The highest BCUT2D eigenvalue weighted by atomic mass is 35.5. The lowest BCUT2D eigenvalue weighted by molar-refractivity contribution is 0.555. The molecular formula is C10H11ClN6. The summed E-state index contributed by atoms with van der Waals surface area (Å²) in [5, 5.41) is 7.97. The van der Waals surface area contributed by atoms with Gasteiger partial charge in [0.15, 0.2) is 5.82 Å². The minimum Gasteiger partial charge on any atom is -0.346 e. The summed E-state index contributed by atoms with van der Waals surface area (Å²) in [6.45, 7) is 2.46. The van der Waals surface area contributed by atoms with Crippen molar-refractivity contribution in [1.29, 1.82) is 0 Å². The van der Waals surface area contributed by atoms with Crippen LogP contribution in [0, 0.1) is 0 Å². The maximum atomic E-state index is 5.75. The predicted octanol–water partition coefficient (Wildman–Crippen LogP) is 0.827. The summed E-state index contributed by atoms with van der Waals surface area (Å²) >= 11 is 5.75. The Morgan fingerprint density at radius 1 is 1.29 bits per heavy atom. The Labute approximate surface area is 103 Å². The van der Waals surface area contributed by atoms with Crippen molar-refractivity contribution in [3.05, 3.63) is 30.2 Å². The average Bonchev–Trinajstić information content (AvgIpc) is 2.86. The van der Waals surface area contributed by atoms with Gasteiger partial charge >= 0.3 is 0 Å². The van der Waals surface area contributed by atoms with Gasteiger partial charge in [-0.15, -0.1) is 21.8 Å². The van der Waals surface area contributed by atoms with Crippen LogP contribution in [0.25, 0.3) is 0 Å². The molecule has 7 heteroatoms. The van der Waals surface area contributed by atoms with Crippen molar-refractivity contribution in [2.45, 2.75) is 19.0 Å². The van der Waals surface area contributed by atoms with Crippen LogP contribution in [0.1, 0.15) is 11.5 Å². The predicted molar refractivity (Wildman–Crippen MR) is 62.7 cm³/mol. The smallest absolute Gasteiger partial charge is 0.152 e. The van der Waals surface area contributed by atoms with Crippen LogP contribution < -0.4 is 4.90 Å². The highest BCUT2D eigenvalue weighted by Crippen LogP contribution is 2.17. The van der Waals surface area contributed by atoms with Gasteiger partial charge in [-0.1, -0.05) is 0 Å². The van der Waals surface area contributed by atoms with Crippen molar-refractivity contribution in [2.24, 2.45) is 0 Å². The number of alkyl halides is 1. The highest BCUT2D eigenvalue weighted by Gasteiger charge is 2.18. The summed E-state index contributed by atoms with van der Waals surface area (Å²) in [6.07, 6.45) is 5.19. The van der Waals surface area contributed by atoms with Gasteiger partial charge in [-0.2, -0.15) is 0 Å². The molecule has 0 aliphatic carbocycles. The Bertz CT molecular complexity index is 525. The van der Waals surface area contributed by atoms with Crippen LogP contribution in [0.5, 0.6) is 0 Å². The molecule has 0 saturated carbocycles. The molecule has 0 unspecified atom stereocenters. The average molecular weight is 251 g/mol. The molecule has 88 valence electrons. The summed E-state index contributed by atoms with van der Waals surface area (Å²) in [4.78, 5) is 10.7. The molecule has 0 spiro atoms. The lowest BCUT2D eigenvalue weighted by Crippen LogP contribution is -2.34. The summed E-state index contributed by atoms with van der Waals surface area (Å²) in [6, 6.07) is 0. The normalized spacial score (nSPS) is 14.8. The third kappa shape index (κ3) is 1.95. The molecule has 0 bridgehead atoms. The molecule has 0 aromatic carbocycles. The first kappa shape index (κ1) is 10.5. The van der Waals surface area contributed by atoms with E-state index in [0.29, 0.717) is 12.4 Å². The van der Waals surface area contributed by atoms with E-state index in [1.807, 2.05) is 0 Å². The number of fused-ring (bicyclic) bond motifs is 1. The minimum atomic E-state index is 0.380. The second-order valence-corrected chi connectivity index (χ2v) is 4.13. The zero-order valence-corrected chi connectivity index (χ0v) is 9.88. The molecule has 0 radical (unpaired) electrons. The molecule has 3 heterocycles. The number of halogens is 1. The molecule has 17 heavy (non-hydrogen) atoms. The Morgan fingerprint density at radius 3 is 3.12 bits per heavy atom. The van der Waals surface area contributed by atoms with E-state index >= 15 is 0 Å². The largest absolute Gasteiger partial charge is 0.346 e. The molecule has 0 amide bonds. The van der Waals surface area contributed by atoms with Crippen LogP contribution in [-0.2, 0) is 19.0 Å². The second-order valence-electron chi connectivity index (χ2n) is 3.86. The fourth-order valence-electron chi connectivity index (χ4n) is 1.87. The quantitative estimate of drug-likeness (QED) is 0.739. The summed E-state index contributed by atoms with van der Waals surface area (Å²) < 4.78 is 2.05. The molecule has 1 aliphatic rings. The number of hydrogen-bond donors (Lipinski definition) is 0. The standard InChI is InChI=1S/C10H11ClN6/c11-3-8-4-12-5-9(14-8)16-1-2-17-7-13-15-10(17)6-16/h4-5,7H,1-3,6H2. The number of hydrogen-bond acceptors (Lipinski definition) is 5.